The van der Waals surface area contributed by atoms with Crippen LogP contribution in [0.25, 0.3) is 0 Å². The van der Waals surface area contributed by atoms with Gasteiger partial charge >= 0.3 is 0 Å². The number of nitrogens with zero attached hydrogens (tertiary/aromatic N) is 4. The molecule has 0 saturated carbocycles. The summed E-state index contributed by atoms with van der Waals surface area (Å²) >= 11 is 0. The topological polar surface area (TPSA) is 50.6 Å². The number of rotatable bonds is 5. The summed E-state index contributed by atoms with van der Waals surface area (Å²) in [6, 6.07) is 13.0. The highest BCUT2D eigenvalue weighted by molar-refractivity contribution is 5.92. The van der Waals surface area contributed by atoms with Crippen molar-refractivity contribution in [3.05, 3.63) is 48.3 Å². The zero-order valence-electron chi connectivity index (χ0n) is 17.8. The third-order valence-corrected chi connectivity index (χ3v) is 6.40. The lowest BCUT2D eigenvalue weighted by Crippen LogP contribution is -2.47. The van der Waals surface area contributed by atoms with E-state index >= 15 is 0 Å². The third-order valence-electron chi connectivity index (χ3n) is 6.40. The Bertz CT molecular complexity index is 824. The van der Waals surface area contributed by atoms with Crippen LogP contribution in [0.15, 0.2) is 42.6 Å². The Morgan fingerprint density at radius 1 is 1.24 bits per heavy atom. The van der Waals surface area contributed by atoms with E-state index in [9.17, 15) is 4.79 Å². The highest BCUT2D eigenvalue weighted by atomic mass is 16.5. The second kappa shape index (κ2) is 8.19. The van der Waals surface area contributed by atoms with E-state index in [1.165, 1.54) is 5.69 Å². The molecule has 1 spiro atoms. The molecule has 0 aliphatic carbocycles. The van der Waals surface area contributed by atoms with E-state index in [-0.39, 0.29) is 17.6 Å². The van der Waals surface area contributed by atoms with Gasteiger partial charge < -0.3 is 14.5 Å². The maximum absolute atomic E-state index is 13.0. The van der Waals surface area contributed by atoms with Crippen molar-refractivity contribution in [2.24, 2.45) is 0 Å². The third kappa shape index (κ3) is 3.90. The molecular weight excluding hydrogens is 364 g/mol. The largest absolute Gasteiger partial charge is 0.373 e. The van der Waals surface area contributed by atoms with Crippen molar-refractivity contribution >= 4 is 11.6 Å². The molecule has 4 rings (SSSR count). The summed E-state index contributed by atoms with van der Waals surface area (Å²) in [4.78, 5) is 17.4. The molecule has 156 valence electrons. The van der Waals surface area contributed by atoms with Gasteiger partial charge in [-0.3, -0.25) is 9.48 Å². The van der Waals surface area contributed by atoms with Crippen LogP contribution in [0.1, 0.15) is 56.6 Å². The first kappa shape index (κ1) is 20.0. The maximum Gasteiger partial charge on any atom is 0.272 e. The van der Waals surface area contributed by atoms with Crippen molar-refractivity contribution in [1.82, 2.24) is 14.7 Å². The maximum atomic E-state index is 13.0. The number of hydrogen-bond donors (Lipinski definition) is 0. The van der Waals surface area contributed by atoms with E-state index in [1.807, 2.05) is 29.5 Å². The number of benzene rings is 1. The van der Waals surface area contributed by atoms with Crippen LogP contribution < -0.4 is 4.90 Å². The highest BCUT2D eigenvalue weighted by Gasteiger charge is 2.45. The fraction of sp³-hybridized carbons (Fsp3) is 0.565. The van der Waals surface area contributed by atoms with E-state index in [0.29, 0.717) is 11.7 Å². The molecule has 0 bridgehead atoms. The quantitative estimate of drug-likeness (QED) is 0.772. The minimum Gasteiger partial charge on any atom is -0.373 e. The zero-order valence-corrected chi connectivity index (χ0v) is 17.8. The summed E-state index contributed by atoms with van der Waals surface area (Å²) in [5.41, 5.74) is 1.85. The Morgan fingerprint density at radius 2 is 1.97 bits per heavy atom. The van der Waals surface area contributed by atoms with Crippen molar-refractivity contribution in [2.45, 2.75) is 57.7 Å². The smallest absolute Gasteiger partial charge is 0.272 e. The fourth-order valence-electron chi connectivity index (χ4n) is 4.81. The first-order chi connectivity index (χ1) is 14.0. The molecule has 1 aromatic heterocycles. The van der Waals surface area contributed by atoms with Crippen molar-refractivity contribution in [3.63, 3.8) is 0 Å². The van der Waals surface area contributed by atoms with Crippen LogP contribution in [-0.2, 0) is 4.74 Å². The summed E-state index contributed by atoms with van der Waals surface area (Å²) in [5, 5.41) is 4.31. The van der Waals surface area contributed by atoms with Crippen LogP contribution in [0, 0.1) is 0 Å². The van der Waals surface area contributed by atoms with E-state index in [4.69, 9.17) is 4.74 Å². The van der Waals surface area contributed by atoms with Crippen LogP contribution in [0.5, 0.6) is 0 Å². The summed E-state index contributed by atoms with van der Waals surface area (Å²) < 4.78 is 8.20. The Kier molecular flexibility index (Phi) is 5.63. The lowest BCUT2D eigenvalue weighted by Gasteiger charge is -2.39. The molecule has 3 heterocycles. The molecule has 1 amide bonds. The minimum atomic E-state index is -0.0953. The Morgan fingerprint density at radius 3 is 2.62 bits per heavy atom. The second-order valence-electron chi connectivity index (χ2n) is 8.52. The number of carbonyl (C=O) groups is 1. The van der Waals surface area contributed by atoms with Crippen LogP contribution >= 0.6 is 0 Å². The van der Waals surface area contributed by atoms with Gasteiger partial charge in [0, 0.05) is 37.6 Å². The van der Waals surface area contributed by atoms with Gasteiger partial charge in [-0.15, -0.1) is 0 Å². The number of carbonyl (C=O) groups excluding carboxylic acids is 1. The van der Waals surface area contributed by atoms with E-state index in [1.54, 1.807) is 6.20 Å². The molecule has 6 heteroatoms. The summed E-state index contributed by atoms with van der Waals surface area (Å²) in [6.45, 7) is 9.52. The van der Waals surface area contributed by atoms with Gasteiger partial charge in [-0.05, 0) is 58.2 Å². The van der Waals surface area contributed by atoms with Crippen molar-refractivity contribution in [2.75, 3.05) is 31.1 Å². The molecule has 6 nitrogen and oxygen atoms in total. The average molecular weight is 397 g/mol. The van der Waals surface area contributed by atoms with Crippen LogP contribution in [-0.4, -0.2) is 58.5 Å². The Labute approximate surface area is 173 Å². The SMILES string of the molecule is CCN(c1ccccc1)[C@@H]1COC2(CCN(C(=O)c3ccnn3C(C)C)CC2)C1. The summed E-state index contributed by atoms with van der Waals surface area (Å²) in [7, 11) is 0. The second-order valence-corrected chi connectivity index (χ2v) is 8.52. The summed E-state index contributed by atoms with van der Waals surface area (Å²) in [5.74, 6) is 0.0834. The first-order valence-corrected chi connectivity index (χ1v) is 10.8. The normalized spacial score (nSPS) is 21.1. The molecule has 1 atom stereocenters. The molecular formula is C23H32N4O2. The Balaban J connectivity index is 1.39. The van der Waals surface area contributed by atoms with Crippen LogP contribution in [0.4, 0.5) is 5.69 Å². The number of piperidine rings is 1. The zero-order chi connectivity index (χ0) is 20.4. The number of amides is 1. The number of likely N-dealkylation sites (N-methyl/N-ethyl adjacent to an activating group) is 1. The molecule has 0 N–H and O–H groups in total. The number of aromatic nitrogens is 2. The number of anilines is 1. The monoisotopic (exact) mass is 396 g/mol. The molecule has 1 aromatic carbocycles. The van der Waals surface area contributed by atoms with Gasteiger partial charge in [-0.2, -0.15) is 5.10 Å². The van der Waals surface area contributed by atoms with Crippen LogP contribution in [0.3, 0.4) is 0 Å². The summed E-state index contributed by atoms with van der Waals surface area (Å²) in [6.07, 6.45) is 4.54. The number of para-hydroxylation sites is 1. The van der Waals surface area contributed by atoms with Gasteiger partial charge in [-0.1, -0.05) is 18.2 Å². The number of hydrogen-bond acceptors (Lipinski definition) is 4. The van der Waals surface area contributed by atoms with Gasteiger partial charge in [0.05, 0.1) is 18.2 Å². The highest BCUT2D eigenvalue weighted by Crippen LogP contribution is 2.39. The van der Waals surface area contributed by atoms with Gasteiger partial charge in [0.2, 0.25) is 0 Å². The molecule has 2 aliphatic heterocycles. The van der Waals surface area contributed by atoms with Crippen molar-refractivity contribution in [1.29, 1.82) is 0 Å². The molecule has 0 unspecified atom stereocenters. The molecule has 2 saturated heterocycles. The molecule has 29 heavy (non-hydrogen) atoms. The molecule has 2 aromatic rings. The van der Waals surface area contributed by atoms with Crippen molar-refractivity contribution in [3.8, 4) is 0 Å². The van der Waals surface area contributed by atoms with Gasteiger partial charge in [0.25, 0.3) is 5.91 Å². The van der Waals surface area contributed by atoms with E-state index in [2.05, 4.69) is 47.3 Å². The number of likely N-dealkylation sites (tertiary alicyclic amines) is 1. The standard InChI is InChI=1S/C23H32N4O2/c1-4-26(19-8-6-5-7-9-19)20-16-23(29-17-20)11-14-25(15-12-23)22(28)21-10-13-24-27(21)18(2)3/h5-10,13,18,20H,4,11-12,14-17H2,1-3H3/t20-/m0/s1. The molecule has 2 aliphatic rings. The number of ether oxygens (including phenoxy) is 1. The van der Waals surface area contributed by atoms with Gasteiger partial charge in [0.15, 0.2) is 0 Å². The lowest BCUT2D eigenvalue weighted by molar-refractivity contribution is -0.0390. The predicted octanol–water partition coefficient (Wildman–Crippen LogP) is 3.75. The average Bonchev–Trinajstić information content (AvgIpc) is 3.38. The fourth-order valence-corrected chi connectivity index (χ4v) is 4.81. The van der Waals surface area contributed by atoms with E-state index in [0.717, 1.165) is 45.5 Å². The predicted molar refractivity (Wildman–Crippen MR) is 114 cm³/mol. The Hall–Kier alpha value is -2.34. The van der Waals surface area contributed by atoms with Gasteiger partial charge in [0.1, 0.15) is 5.69 Å². The molecule has 0 radical (unpaired) electrons. The van der Waals surface area contributed by atoms with Gasteiger partial charge in [-0.25, -0.2) is 0 Å². The van der Waals surface area contributed by atoms with Crippen molar-refractivity contribution < 1.29 is 9.53 Å². The van der Waals surface area contributed by atoms with E-state index < -0.39 is 0 Å². The molecule has 2 fully saturated rings. The lowest BCUT2D eigenvalue weighted by atomic mass is 9.87. The first-order valence-electron chi connectivity index (χ1n) is 10.8. The minimum absolute atomic E-state index is 0.0834. The van der Waals surface area contributed by atoms with Crippen LogP contribution in [0.2, 0.25) is 0 Å².